The Hall–Kier alpha value is -1.87. The average Bonchev–Trinajstić information content (AvgIpc) is 2.72. The van der Waals surface area contributed by atoms with E-state index in [-0.39, 0.29) is 12.5 Å². The highest BCUT2D eigenvalue weighted by Gasteiger charge is 2.19. The number of rotatable bonds is 6. The van der Waals surface area contributed by atoms with Crippen LogP contribution in [0.25, 0.3) is 0 Å². The first-order chi connectivity index (χ1) is 14.0. The lowest BCUT2D eigenvalue weighted by atomic mass is 10.1. The fourth-order valence-corrected chi connectivity index (χ4v) is 4.38. The number of anilines is 1. The summed E-state index contributed by atoms with van der Waals surface area (Å²) in [4.78, 5) is 15.4. The van der Waals surface area contributed by atoms with Crippen molar-refractivity contribution < 1.29 is 14.3 Å². The summed E-state index contributed by atoms with van der Waals surface area (Å²) >= 11 is 7.90. The quantitative estimate of drug-likeness (QED) is 0.435. The molecule has 0 spiro atoms. The summed E-state index contributed by atoms with van der Waals surface area (Å²) in [6.45, 7) is 3.87. The van der Waals surface area contributed by atoms with E-state index < -0.39 is 0 Å². The molecule has 29 heavy (non-hydrogen) atoms. The Kier molecular flexibility index (Phi) is 7.71. The molecule has 154 valence electrons. The van der Waals surface area contributed by atoms with Gasteiger partial charge in [0, 0.05) is 24.3 Å². The zero-order chi connectivity index (χ0) is 20.8. The number of amides is 1. The van der Waals surface area contributed by atoms with Crippen molar-refractivity contribution in [2.24, 2.45) is 0 Å². The van der Waals surface area contributed by atoms with Crippen molar-refractivity contribution in [1.29, 1.82) is 0 Å². The molecule has 1 N–H and O–H groups in total. The summed E-state index contributed by atoms with van der Waals surface area (Å²) in [5, 5.41) is 2.85. The lowest BCUT2D eigenvalue weighted by Crippen LogP contribution is -2.35. The number of benzene rings is 2. The number of thiocarbonyl (C=S) groups is 1. The number of halogens is 1. The van der Waals surface area contributed by atoms with Crippen LogP contribution in [0.2, 0.25) is 0 Å². The Bertz CT molecular complexity index is 898. The summed E-state index contributed by atoms with van der Waals surface area (Å²) in [6.07, 6.45) is 3.61. The number of nitrogens with zero attached hydrogens (tertiary/aromatic N) is 1. The first kappa shape index (κ1) is 21.8. The highest BCUT2D eigenvalue weighted by Crippen LogP contribution is 2.34. The zero-order valence-corrected chi connectivity index (χ0v) is 19.6. The number of hydrogen-bond acceptors (Lipinski definition) is 4. The molecule has 2 aromatic rings. The normalized spacial score (nSPS) is 13.7. The van der Waals surface area contributed by atoms with Gasteiger partial charge in [0.2, 0.25) is 0 Å². The maximum absolute atomic E-state index is 12.3. The van der Waals surface area contributed by atoms with E-state index in [4.69, 9.17) is 21.7 Å². The lowest BCUT2D eigenvalue weighted by molar-refractivity contribution is -0.118. The summed E-state index contributed by atoms with van der Waals surface area (Å²) in [6, 6.07) is 11.5. The number of likely N-dealkylation sites (tertiary alicyclic amines) is 1. The van der Waals surface area contributed by atoms with E-state index in [9.17, 15) is 4.79 Å². The van der Waals surface area contributed by atoms with E-state index in [2.05, 4.69) is 32.8 Å². The highest BCUT2D eigenvalue weighted by molar-refractivity contribution is 14.1. The third kappa shape index (κ3) is 5.82. The predicted molar refractivity (Wildman–Crippen MR) is 128 cm³/mol. The summed E-state index contributed by atoms with van der Waals surface area (Å²) in [5.74, 6) is 0.911. The topological polar surface area (TPSA) is 50.8 Å². The second kappa shape index (κ2) is 10.2. The van der Waals surface area contributed by atoms with Gasteiger partial charge in [-0.3, -0.25) is 4.79 Å². The molecule has 0 saturated carbocycles. The van der Waals surface area contributed by atoms with Gasteiger partial charge in [-0.25, -0.2) is 0 Å². The molecular weight excluding hydrogens is 499 g/mol. The molecule has 2 aromatic carbocycles. The van der Waals surface area contributed by atoms with Crippen LogP contribution < -0.4 is 14.8 Å². The SMILES string of the molecule is COc1cc(C(=S)N2CCCCC2)cc(I)c1OCC(=O)Nc1cccc(C)c1. The van der Waals surface area contributed by atoms with Crippen LogP contribution in [-0.2, 0) is 4.79 Å². The monoisotopic (exact) mass is 524 g/mol. The van der Waals surface area contributed by atoms with Crippen LogP contribution in [0.1, 0.15) is 30.4 Å². The number of nitrogens with one attached hydrogen (secondary N) is 1. The van der Waals surface area contributed by atoms with Crippen LogP contribution in [0, 0.1) is 10.5 Å². The third-order valence-electron chi connectivity index (χ3n) is 4.77. The number of carbonyl (C=O) groups is 1. The molecule has 7 heteroatoms. The van der Waals surface area contributed by atoms with Crippen molar-refractivity contribution in [3.05, 3.63) is 51.1 Å². The van der Waals surface area contributed by atoms with Crippen molar-refractivity contribution >= 4 is 51.4 Å². The van der Waals surface area contributed by atoms with Gasteiger partial charge >= 0.3 is 0 Å². The second-order valence-electron chi connectivity index (χ2n) is 7.05. The number of carbonyl (C=O) groups excluding carboxylic acids is 1. The minimum atomic E-state index is -0.221. The van der Waals surface area contributed by atoms with Gasteiger partial charge in [0.05, 0.1) is 10.7 Å². The van der Waals surface area contributed by atoms with E-state index >= 15 is 0 Å². The molecule has 0 aromatic heterocycles. The molecular formula is C22H25IN2O3S. The van der Waals surface area contributed by atoms with Crippen molar-refractivity contribution in [1.82, 2.24) is 4.90 Å². The molecule has 5 nitrogen and oxygen atoms in total. The largest absolute Gasteiger partial charge is 0.493 e. The first-order valence-corrected chi connectivity index (χ1v) is 11.1. The Morgan fingerprint density at radius 1 is 1.21 bits per heavy atom. The molecule has 0 aliphatic carbocycles. The van der Waals surface area contributed by atoms with Crippen LogP contribution in [-0.4, -0.2) is 42.6 Å². The summed E-state index contributed by atoms with van der Waals surface area (Å²) < 4.78 is 12.2. The maximum atomic E-state index is 12.3. The molecule has 0 atom stereocenters. The molecule has 1 aliphatic rings. The van der Waals surface area contributed by atoms with Crippen LogP contribution in [0.15, 0.2) is 36.4 Å². The molecule has 1 fully saturated rings. The van der Waals surface area contributed by atoms with Crippen LogP contribution in [0.3, 0.4) is 0 Å². The maximum Gasteiger partial charge on any atom is 0.262 e. The van der Waals surface area contributed by atoms with Crippen molar-refractivity contribution in [2.75, 3.05) is 32.1 Å². The highest BCUT2D eigenvalue weighted by atomic mass is 127. The number of hydrogen-bond donors (Lipinski definition) is 1. The Balaban J connectivity index is 1.68. The average molecular weight is 524 g/mol. The summed E-state index contributed by atoms with van der Waals surface area (Å²) in [5.41, 5.74) is 2.78. The fourth-order valence-electron chi connectivity index (χ4n) is 3.32. The number of piperidine rings is 1. The number of aryl methyl sites for hydroxylation is 1. The van der Waals surface area contributed by atoms with E-state index in [0.29, 0.717) is 11.5 Å². The lowest BCUT2D eigenvalue weighted by Gasteiger charge is -2.29. The van der Waals surface area contributed by atoms with Gasteiger partial charge in [-0.15, -0.1) is 0 Å². The van der Waals surface area contributed by atoms with E-state index in [0.717, 1.165) is 38.5 Å². The van der Waals surface area contributed by atoms with Gasteiger partial charge in [0.1, 0.15) is 4.99 Å². The van der Waals surface area contributed by atoms with Gasteiger partial charge in [-0.05, 0) is 78.6 Å². The van der Waals surface area contributed by atoms with Gasteiger partial charge in [-0.1, -0.05) is 24.4 Å². The van der Waals surface area contributed by atoms with Gasteiger partial charge in [-0.2, -0.15) is 0 Å². The number of ether oxygens (including phenoxy) is 2. The van der Waals surface area contributed by atoms with Crippen molar-refractivity contribution in [3.8, 4) is 11.5 Å². The Labute approximate surface area is 190 Å². The molecule has 1 aliphatic heterocycles. The van der Waals surface area contributed by atoms with Crippen molar-refractivity contribution in [2.45, 2.75) is 26.2 Å². The Morgan fingerprint density at radius 2 is 1.97 bits per heavy atom. The number of methoxy groups -OCH3 is 1. The van der Waals surface area contributed by atoms with Gasteiger partial charge in [0.15, 0.2) is 18.1 Å². The third-order valence-corrected chi connectivity index (χ3v) is 6.06. The van der Waals surface area contributed by atoms with E-state index in [1.165, 1.54) is 19.3 Å². The molecule has 1 amide bonds. The standard InChI is InChI=1S/C22H25IN2O3S/c1-15-7-6-8-17(11-15)24-20(26)14-28-21-18(23)12-16(13-19(21)27-2)22(29)25-9-4-3-5-10-25/h6-8,11-13H,3-5,9-10,14H2,1-2H3,(H,24,26). The molecule has 1 heterocycles. The zero-order valence-electron chi connectivity index (χ0n) is 16.7. The fraction of sp³-hybridized carbons (Fsp3) is 0.364. The molecule has 0 unspecified atom stereocenters. The minimum Gasteiger partial charge on any atom is -0.493 e. The van der Waals surface area contributed by atoms with Crippen LogP contribution >= 0.6 is 34.8 Å². The predicted octanol–water partition coefficient (Wildman–Crippen LogP) is 4.79. The first-order valence-electron chi connectivity index (χ1n) is 9.64. The molecule has 0 bridgehead atoms. The smallest absolute Gasteiger partial charge is 0.262 e. The van der Waals surface area contributed by atoms with Crippen molar-refractivity contribution in [3.63, 3.8) is 0 Å². The van der Waals surface area contributed by atoms with Crippen LogP contribution in [0.5, 0.6) is 11.5 Å². The Morgan fingerprint density at radius 3 is 2.66 bits per heavy atom. The van der Waals surface area contributed by atoms with Gasteiger partial charge < -0.3 is 19.7 Å². The molecule has 1 saturated heterocycles. The summed E-state index contributed by atoms with van der Waals surface area (Å²) in [7, 11) is 1.60. The van der Waals surface area contributed by atoms with E-state index in [1.54, 1.807) is 7.11 Å². The molecule has 3 rings (SSSR count). The second-order valence-corrected chi connectivity index (χ2v) is 8.60. The molecule has 0 radical (unpaired) electrons. The van der Waals surface area contributed by atoms with Gasteiger partial charge in [0.25, 0.3) is 5.91 Å². The minimum absolute atomic E-state index is 0.101. The van der Waals surface area contributed by atoms with Crippen LogP contribution in [0.4, 0.5) is 5.69 Å². The van der Waals surface area contributed by atoms with E-state index in [1.807, 2.05) is 43.3 Å².